The van der Waals surface area contributed by atoms with E-state index in [1.54, 1.807) is 7.11 Å². The largest absolute Gasteiger partial charge is 0.497 e. The molecule has 2 rings (SSSR count). The van der Waals surface area contributed by atoms with Crippen LogP contribution in [0.1, 0.15) is 32.0 Å². The average molecular weight is 274 g/mol. The van der Waals surface area contributed by atoms with E-state index < -0.39 is 0 Å². The van der Waals surface area contributed by atoms with Crippen molar-refractivity contribution in [2.24, 2.45) is 0 Å². The van der Waals surface area contributed by atoms with Gasteiger partial charge in [0.15, 0.2) is 0 Å². The SMILES string of the molecule is COc1cccc(CNCc2cn(C(C)(C)C)nn2)c1. The summed E-state index contributed by atoms with van der Waals surface area (Å²) >= 11 is 0. The minimum atomic E-state index is -0.0297. The molecule has 0 amide bonds. The van der Waals surface area contributed by atoms with Crippen LogP contribution in [0.5, 0.6) is 5.75 Å². The molecule has 108 valence electrons. The molecule has 20 heavy (non-hydrogen) atoms. The van der Waals surface area contributed by atoms with Gasteiger partial charge in [0.25, 0.3) is 0 Å². The Bertz CT molecular complexity index is 557. The summed E-state index contributed by atoms with van der Waals surface area (Å²) in [6, 6.07) is 8.03. The molecule has 0 aliphatic rings. The number of hydrogen-bond acceptors (Lipinski definition) is 4. The molecule has 0 saturated carbocycles. The third-order valence-corrected chi connectivity index (χ3v) is 3.00. The average Bonchev–Trinajstić information content (AvgIpc) is 2.88. The topological polar surface area (TPSA) is 52.0 Å². The zero-order valence-corrected chi connectivity index (χ0v) is 12.6. The lowest BCUT2D eigenvalue weighted by molar-refractivity contribution is 0.347. The fourth-order valence-electron chi connectivity index (χ4n) is 1.82. The van der Waals surface area contributed by atoms with Gasteiger partial charge in [-0.15, -0.1) is 5.10 Å². The van der Waals surface area contributed by atoms with E-state index in [0.29, 0.717) is 6.54 Å². The maximum absolute atomic E-state index is 5.21. The van der Waals surface area contributed by atoms with Crippen molar-refractivity contribution >= 4 is 0 Å². The van der Waals surface area contributed by atoms with Crippen molar-refractivity contribution in [3.8, 4) is 5.75 Å². The Kier molecular flexibility index (Phi) is 4.39. The first-order valence-corrected chi connectivity index (χ1v) is 6.74. The number of hydrogen-bond donors (Lipinski definition) is 1. The predicted molar refractivity (Wildman–Crippen MR) is 78.6 cm³/mol. The normalized spacial score (nSPS) is 11.6. The van der Waals surface area contributed by atoms with Crippen LogP contribution in [-0.2, 0) is 18.6 Å². The Morgan fingerprint density at radius 3 is 2.70 bits per heavy atom. The van der Waals surface area contributed by atoms with E-state index >= 15 is 0 Å². The van der Waals surface area contributed by atoms with Crippen molar-refractivity contribution < 1.29 is 4.74 Å². The maximum atomic E-state index is 5.21. The number of methoxy groups -OCH3 is 1. The van der Waals surface area contributed by atoms with Crippen LogP contribution in [0, 0.1) is 0 Å². The second-order valence-electron chi connectivity index (χ2n) is 5.78. The number of rotatable bonds is 5. The van der Waals surface area contributed by atoms with Gasteiger partial charge in [0.05, 0.1) is 24.5 Å². The van der Waals surface area contributed by atoms with Crippen LogP contribution in [0.2, 0.25) is 0 Å². The van der Waals surface area contributed by atoms with Crippen LogP contribution in [0.4, 0.5) is 0 Å². The standard InChI is InChI=1S/C15H22N4O/c1-15(2,3)19-11-13(17-18-19)10-16-9-12-6-5-7-14(8-12)20-4/h5-8,11,16H,9-10H2,1-4H3. The quantitative estimate of drug-likeness (QED) is 0.909. The zero-order valence-electron chi connectivity index (χ0n) is 12.6. The van der Waals surface area contributed by atoms with Crippen molar-refractivity contribution in [2.45, 2.75) is 39.4 Å². The summed E-state index contributed by atoms with van der Waals surface area (Å²) in [6.45, 7) is 7.80. The van der Waals surface area contributed by atoms with Gasteiger partial charge in [-0.3, -0.25) is 0 Å². The Balaban J connectivity index is 1.88. The first-order valence-electron chi connectivity index (χ1n) is 6.74. The van der Waals surface area contributed by atoms with E-state index in [4.69, 9.17) is 4.74 Å². The molecule has 5 nitrogen and oxygen atoms in total. The lowest BCUT2D eigenvalue weighted by atomic mass is 10.1. The van der Waals surface area contributed by atoms with Gasteiger partial charge in [0.2, 0.25) is 0 Å². The Hall–Kier alpha value is -1.88. The molecule has 0 bridgehead atoms. The smallest absolute Gasteiger partial charge is 0.119 e. The van der Waals surface area contributed by atoms with Gasteiger partial charge < -0.3 is 10.1 Å². The van der Waals surface area contributed by atoms with Gasteiger partial charge in [0.1, 0.15) is 5.75 Å². The number of nitrogens with zero attached hydrogens (tertiary/aromatic N) is 3. The molecule has 1 aromatic heterocycles. The van der Waals surface area contributed by atoms with Gasteiger partial charge >= 0.3 is 0 Å². The second-order valence-corrected chi connectivity index (χ2v) is 5.78. The Labute approximate surface area is 120 Å². The molecule has 1 aromatic carbocycles. The van der Waals surface area contributed by atoms with Crippen molar-refractivity contribution in [3.05, 3.63) is 41.7 Å². The summed E-state index contributed by atoms with van der Waals surface area (Å²) in [5, 5.41) is 11.7. The lowest BCUT2D eigenvalue weighted by Crippen LogP contribution is -2.22. The number of aromatic nitrogens is 3. The third-order valence-electron chi connectivity index (χ3n) is 3.00. The molecule has 1 N–H and O–H groups in total. The fourth-order valence-corrected chi connectivity index (χ4v) is 1.82. The first-order chi connectivity index (χ1) is 9.49. The monoisotopic (exact) mass is 274 g/mol. The van der Waals surface area contributed by atoms with Gasteiger partial charge in [-0.2, -0.15) is 0 Å². The summed E-state index contributed by atoms with van der Waals surface area (Å²) in [6.07, 6.45) is 1.98. The molecule has 0 saturated heterocycles. The van der Waals surface area contributed by atoms with Gasteiger partial charge in [-0.25, -0.2) is 4.68 Å². The summed E-state index contributed by atoms with van der Waals surface area (Å²) in [5.74, 6) is 0.878. The van der Waals surface area contributed by atoms with Crippen molar-refractivity contribution in [1.29, 1.82) is 0 Å². The van der Waals surface area contributed by atoms with Gasteiger partial charge in [-0.05, 0) is 38.5 Å². The third kappa shape index (κ3) is 3.81. The minimum absolute atomic E-state index is 0.0297. The van der Waals surface area contributed by atoms with Crippen LogP contribution in [-0.4, -0.2) is 22.1 Å². The molecule has 0 aliphatic heterocycles. The molecule has 1 heterocycles. The molecule has 0 atom stereocenters. The minimum Gasteiger partial charge on any atom is -0.497 e. The highest BCUT2D eigenvalue weighted by molar-refractivity contribution is 5.28. The van der Waals surface area contributed by atoms with Crippen LogP contribution in [0.25, 0.3) is 0 Å². The highest BCUT2D eigenvalue weighted by Gasteiger charge is 2.14. The number of nitrogens with one attached hydrogen (secondary N) is 1. The van der Waals surface area contributed by atoms with Gasteiger partial charge in [0, 0.05) is 13.1 Å². The molecule has 0 radical (unpaired) electrons. The van der Waals surface area contributed by atoms with Crippen LogP contribution in [0.3, 0.4) is 0 Å². The highest BCUT2D eigenvalue weighted by atomic mass is 16.5. The van der Waals surface area contributed by atoms with E-state index in [9.17, 15) is 0 Å². The van der Waals surface area contributed by atoms with Crippen molar-refractivity contribution in [1.82, 2.24) is 20.3 Å². The highest BCUT2D eigenvalue weighted by Crippen LogP contribution is 2.13. The molecule has 0 unspecified atom stereocenters. The second kappa shape index (κ2) is 6.05. The number of ether oxygens (including phenoxy) is 1. The van der Waals surface area contributed by atoms with E-state index in [1.165, 1.54) is 5.56 Å². The molecule has 0 spiro atoms. The predicted octanol–water partition coefficient (Wildman–Crippen LogP) is 2.33. The van der Waals surface area contributed by atoms with E-state index in [-0.39, 0.29) is 5.54 Å². The summed E-state index contributed by atoms with van der Waals surface area (Å²) in [4.78, 5) is 0. The van der Waals surface area contributed by atoms with Crippen LogP contribution >= 0.6 is 0 Å². The first kappa shape index (κ1) is 14.5. The molecule has 5 heteroatoms. The zero-order chi connectivity index (χ0) is 14.6. The van der Waals surface area contributed by atoms with Crippen molar-refractivity contribution in [3.63, 3.8) is 0 Å². The summed E-state index contributed by atoms with van der Waals surface area (Å²) in [7, 11) is 1.68. The summed E-state index contributed by atoms with van der Waals surface area (Å²) < 4.78 is 7.09. The van der Waals surface area contributed by atoms with Crippen LogP contribution in [0.15, 0.2) is 30.5 Å². The molecule has 2 aromatic rings. The van der Waals surface area contributed by atoms with E-state index in [2.05, 4.69) is 42.5 Å². The van der Waals surface area contributed by atoms with E-state index in [0.717, 1.165) is 18.0 Å². The lowest BCUT2D eigenvalue weighted by Gasteiger charge is -2.17. The molecular formula is C15H22N4O. The molecule has 0 fully saturated rings. The Morgan fingerprint density at radius 1 is 1.25 bits per heavy atom. The molecular weight excluding hydrogens is 252 g/mol. The van der Waals surface area contributed by atoms with Crippen molar-refractivity contribution in [2.75, 3.05) is 7.11 Å². The number of benzene rings is 1. The van der Waals surface area contributed by atoms with E-state index in [1.807, 2.05) is 29.1 Å². The molecule has 0 aliphatic carbocycles. The maximum Gasteiger partial charge on any atom is 0.119 e. The van der Waals surface area contributed by atoms with Gasteiger partial charge in [-0.1, -0.05) is 17.3 Å². The summed E-state index contributed by atoms with van der Waals surface area (Å²) in [5.41, 5.74) is 2.10. The Morgan fingerprint density at radius 2 is 2.05 bits per heavy atom. The van der Waals surface area contributed by atoms with Crippen LogP contribution < -0.4 is 10.1 Å². The fraction of sp³-hybridized carbons (Fsp3) is 0.467.